The molecule has 0 aliphatic carbocycles. The van der Waals surface area contributed by atoms with Crippen LogP contribution >= 0.6 is 23.1 Å². The third-order valence-electron chi connectivity index (χ3n) is 4.48. The molecule has 1 heterocycles. The Hall–Kier alpha value is -3.35. The van der Waals surface area contributed by atoms with Gasteiger partial charge in [-0.25, -0.2) is 0 Å². The van der Waals surface area contributed by atoms with Crippen LogP contribution in [0.15, 0.2) is 107 Å². The normalized spacial score (nSPS) is 10.5. The summed E-state index contributed by atoms with van der Waals surface area (Å²) in [5, 5.41) is 4.78. The summed E-state index contributed by atoms with van der Waals surface area (Å²) < 4.78 is 0. The highest BCUT2D eigenvalue weighted by atomic mass is 32.2. The van der Waals surface area contributed by atoms with Crippen molar-refractivity contribution in [1.29, 1.82) is 0 Å². The molecule has 31 heavy (non-hydrogen) atoms. The van der Waals surface area contributed by atoms with Crippen LogP contribution in [-0.2, 0) is 4.79 Å². The Morgan fingerprint density at radius 3 is 2.10 bits per heavy atom. The third kappa shape index (κ3) is 5.42. The highest BCUT2D eigenvalue weighted by Gasteiger charge is 2.18. The number of carbonyl (C=O) groups excluding carboxylic acids is 2. The van der Waals surface area contributed by atoms with Gasteiger partial charge in [-0.05, 0) is 53.9 Å². The molecule has 0 radical (unpaired) electrons. The molecule has 4 rings (SSSR count). The number of thiophene rings is 1. The lowest BCUT2D eigenvalue weighted by Crippen LogP contribution is -2.27. The van der Waals surface area contributed by atoms with Crippen LogP contribution in [0.1, 0.15) is 9.67 Å². The first kappa shape index (κ1) is 20.9. The number of thioether (sulfide) groups is 1. The summed E-state index contributed by atoms with van der Waals surface area (Å²) in [7, 11) is 0. The fraction of sp³-hybridized carbons (Fsp3) is 0.0400. The summed E-state index contributed by atoms with van der Waals surface area (Å²) in [5.74, 6) is 0.120. The van der Waals surface area contributed by atoms with E-state index >= 15 is 0 Å². The molecule has 0 aliphatic heterocycles. The van der Waals surface area contributed by atoms with E-state index in [1.54, 1.807) is 11.0 Å². The molecule has 2 amide bonds. The first-order valence-electron chi connectivity index (χ1n) is 9.71. The lowest BCUT2D eigenvalue weighted by molar-refractivity contribution is -0.115. The Morgan fingerprint density at radius 2 is 1.48 bits per heavy atom. The summed E-state index contributed by atoms with van der Waals surface area (Å²) in [6.07, 6.45) is 0. The Bertz CT molecular complexity index is 1110. The van der Waals surface area contributed by atoms with Gasteiger partial charge in [-0.3, -0.25) is 14.5 Å². The first-order chi connectivity index (χ1) is 15.2. The van der Waals surface area contributed by atoms with Crippen molar-refractivity contribution in [3.05, 3.63) is 107 Å². The number of nitrogens with zero attached hydrogens (tertiary/aromatic N) is 1. The second kappa shape index (κ2) is 10.1. The molecular formula is C25H20N2O2S2. The van der Waals surface area contributed by atoms with E-state index in [9.17, 15) is 9.59 Å². The van der Waals surface area contributed by atoms with E-state index in [1.165, 1.54) is 23.1 Å². The minimum Gasteiger partial charge on any atom is -0.321 e. The Balaban J connectivity index is 1.46. The second-order valence-corrected chi connectivity index (χ2v) is 8.64. The molecule has 0 saturated heterocycles. The van der Waals surface area contributed by atoms with E-state index in [0.29, 0.717) is 10.6 Å². The fourth-order valence-corrected chi connectivity index (χ4v) is 4.49. The summed E-state index contributed by atoms with van der Waals surface area (Å²) in [6, 6.07) is 30.5. The largest absolute Gasteiger partial charge is 0.321 e. The number of hydrogen-bond donors (Lipinski definition) is 1. The Labute approximate surface area is 189 Å². The maximum atomic E-state index is 13.2. The molecule has 0 unspecified atom stereocenters. The van der Waals surface area contributed by atoms with Crippen molar-refractivity contribution in [2.24, 2.45) is 0 Å². The number of amides is 2. The lowest BCUT2D eigenvalue weighted by atomic mass is 10.2. The molecule has 0 spiro atoms. The maximum absolute atomic E-state index is 13.2. The van der Waals surface area contributed by atoms with E-state index in [4.69, 9.17) is 0 Å². The van der Waals surface area contributed by atoms with E-state index in [0.717, 1.165) is 16.3 Å². The molecule has 3 aromatic carbocycles. The zero-order chi connectivity index (χ0) is 21.5. The Morgan fingerprint density at radius 1 is 0.806 bits per heavy atom. The lowest BCUT2D eigenvalue weighted by Gasteiger charge is -2.23. The molecule has 0 bridgehead atoms. The molecule has 0 aliphatic rings. The molecule has 1 aromatic heterocycles. The summed E-state index contributed by atoms with van der Waals surface area (Å²) in [6.45, 7) is 0. The average Bonchev–Trinajstić information content (AvgIpc) is 3.35. The van der Waals surface area contributed by atoms with E-state index < -0.39 is 0 Å². The van der Waals surface area contributed by atoms with Gasteiger partial charge in [0.25, 0.3) is 5.91 Å². The van der Waals surface area contributed by atoms with Crippen LogP contribution in [0.4, 0.5) is 17.1 Å². The van der Waals surface area contributed by atoms with Gasteiger partial charge in [0.15, 0.2) is 0 Å². The molecule has 4 nitrogen and oxygen atoms in total. The summed E-state index contributed by atoms with van der Waals surface area (Å²) >= 11 is 2.85. The second-order valence-electron chi connectivity index (χ2n) is 6.65. The van der Waals surface area contributed by atoms with Crippen LogP contribution < -0.4 is 10.2 Å². The summed E-state index contributed by atoms with van der Waals surface area (Å²) in [4.78, 5) is 28.8. The SMILES string of the molecule is O=C(Nc1cccc(SCC(=O)N(c2ccccc2)c2ccccc2)c1)c1cccs1. The van der Waals surface area contributed by atoms with Crippen LogP contribution in [0.25, 0.3) is 0 Å². The van der Waals surface area contributed by atoms with Crippen molar-refractivity contribution in [2.75, 3.05) is 16.0 Å². The molecule has 0 saturated carbocycles. The zero-order valence-corrected chi connectivity index (χ0v) is 18.2. The molecule has 0 atom stereocenters. The van der Waals surface area contributed by atoms with E-state index in [2.05, 4.69) is 5.32 Å². The maximum Gasteiger partial charge on any atom is 0.265 e. The highest BCUT2D eigenvalue weighted by Crippen LogP contribution is 2.28. The number of anilines is 3. The van der Waals surface area contributed by atoms with E-state index in [-0.39, 0.29) is 17.6 Å². The summed E-state index contributed by atoms with van der Waals surface area (Å²) in [5.41, 5.74) is 2.37. The predicted octanol–water partition coefficient (Wildman–Crippen LogP) is 6.46. The number of hydrogen-bond acceptors (Lipinski definition) is 4. The van der Waals surface area contributed by atoms with Gasteiger partial charge in [0.2, 0.25) is 5.91 Å². The van der Waals surface area contributed by atoms with Crippen LogP contribution in [-0.4, -0.2) is 17.6 Å². The van der Waals surface area contributed by atoms with Gasteiger partial charge in [-0.1, -0.05) is 48.5 Å². The molecule has 1 N–H and O–H groups in total. The number of para-hydroxylation sites is 2. The third-order valence-corrected chi connectivity index (χ3v) is 6.32. The fourth-order valence-electron chi connectivity index (χ4n) is 3.06. The highest BCUT2D eigenvalue weighted by molar-refractivity contribution is 8.00. The van der Waals surface area contributed by atoms with Crippen molar-refractivity contribution in [2.45, 2.75) is 4.90 Å². The molecule has 6 heteroatoms. The van der Waals surface area contributed by atoms with Crippen molar-refractivity contribution < 1.29 is 9.59 Å². The van der Waals surface area contributed by atoms with Crippen LogP contribution in [0.2, 0.25) is 0 Å². The smallest absolute Gasteiger partial charge is 0.265 e. The molecular weight excluding hydrogens is 424 g/mol. The molecule has 0 fully saturated rings. The van der Waals surface area contributed by atoms with Crippen LogP contribution in [0.3, 0.4) is 0 Å². The van der Waals surface area contributed by atoms with Gasteiger partial charge < -0.3 is 5.32 Å². The van der Waals surface area contributed by atoms with Crippen molar-refractivity contribution in [1.82, 2.24) is 0 Å². The van der Waals surface area contributed by atoms with Crippen molar-refractivity contribution in [3.63, 3.8) is 0 Å². The van der Waals surface area contributed by atoms with Gasteiger partial charge in [-0.2, -0.15) is 0 Å². The number of nitrogens with one attached hydrogen (secondary N) is 1. The zero-order valence-electron chi connectivity index (χ0n) is 16.6. The minimum absolute atomic E-state index is 0.0181. The predicted molar refractivity (Wildman–Crippen MR) is 129 cm³/mol. The van der Waals surface area contributed by atoms with Gasteiger partial charge in [0, 0.05) is 22.0 Å². The topological polar surface area (TPSA) is 49.4 Å². The number of benzene rings is 3. The first-order valence-corrected chi connectivity index (χ1v) is 11.6. The van der Waals surface area contributed by atoms with Gasteiger partial charge >= 0.3 is 0 Å². The van der Waals surface area contributed by atoms with Gasteiger partial charge in [0.1, 0.15) is 0 Å². The Kier molecular flexibility index (Phi) is 6.82. The minimum atomic E-state index is -0.132. The van der Waals surface area contributed by atoms with Crippen LogP contribution in [0.5, 0.6) is 0 Å². The van der Waals surface area contributed by atoms with Gasteiger partial charge in [0.05, 0.1) is 10.6 Å². The van der Waals surface area contributed by atoms with Crippen LogP contribution in [0, 0.1) is 0 Å². The quantitative estimate of drug-likeness (QED) is 0.333. The monoisotopic (exact) mass is 444 g/mol. The van der Waals surface area contributed by atoms with Crippen molar-refractivity contribution in [3.8, 4) is 0 Å². The average molecular weight is 445 g/mol. The number of rotatable bonds is 7. The molecule has 4 aromatic rings. The standard InChI is InChI=1S/C25H20N2O2S2/c28-24(27(20-10-3-1-4-11-20)21-12-5-2-6-13-21)18-31-22-14-7-9-19(17-22)26-25(29)23-15-8-16-30-23/h1-17H,18H2,(H,26,29). The van der Waals surface area contributed by atoms with Gasteiger partial charge in [-0.15, -0.1) is 23.1 Å². The number of carbonyl (C=O) groups is 2. The molecule has 154 valence electrons. The van der Waals surface area contributed by atoms with E-state index in [1.807, 2.05) is 96.4 Å². The van der Waals surface area contributed by atoms with Crippen molar-refractivity contribution >= 4 is 52.0 Å².